The van der Waals surface area contributed by atoms with Crippen molar-refractivity contribution < 1.29 is 22.7 Å². The van der Waals surface area contributed by atoms with Gasteiger partial charge < -0.3 is 9.84 Å². The Kier molecular flexibility index (Phi) is 5.80. The first-order valence-corrected chi connectivity index (χ1v) is 7.68. The van der Waals surface area contributed by atoms with Gasteiger partial charge in [-0.05, 0) is 24.6 Å². The number of aliphatic hydroxyl groups is 1. The first-order valence-electron chi connectivity index (χ1n) is 5.62. The van der Waals surface area contributed by atoms with Gasteiger partial charge in [-0.25, -0.2) is 12.8 Å². The highest BCUT2D eigenvalue weighted by Crippen LogP contribution is 2.18. The number of hydrogen-bond acceptors (Lipinski definition) is 4. The van der Waals surface area contributed by atoms with Gasteiger partial charge in [-0.15, -0.1) is 0 Å². The van der Waals surface area contributed by atoms with E-state index < -0.39 is 15.7 Å². The Balaban J connectivity index is 2.67. The van der Waals surface area contributed by atoms with Crippen molar-refractivity contribution in [3.05, 3.63) is 29.6 Å². The number of rotatable bonds is 5. The van der Waals surface area contributed by atoms with Crippen LogP contribution in [-0.2, 0) is 9.84 Å². The van der Waals surface area contributed by atoms with Crippen LogP contribution in [0.2, 0.25) is 0 Å². The summed E-state index contributed by atoms with van der Waals surface area (Å²) < 4.78 is 40.3. The van der Waals surface area contributed by atoms with Crippen molar-refractivity contribution >= 4 is 9.84 Å². The summed E-state index contributed by atoms with van der Waals surface area (Å²) in [7, 11) is -3.01. The molecule has 1 N–H and O–H groups in total. The average Bonchev–Trinajstić information content (AvgIpc) is 2.32. The van der Waals surface area contributed by atoms with E-state index in [1.165, 1.54) is 18.2 Å². The molecule has 0 aliphatic rings. The van der Waals surface area contributed by atoms with Crippen LogP contribution in [0.1, 0.15) is 12.0 Å². The van der Waals surface area contributed by atoms with E-state index in [9.17, 15) is 12.8 Å². The molecule has 0 aliphatic heterocycles. The lowest BCUT2D eigenvalue weighted by Crippen LogP contribution is -2.08. The molecule has 0 spiro atoms. The minimum absolute atomic E-state index is 0.0336. The van der Waals surface area contributed by atoms with Crippen LogP contribution in [0.5, 0.6) is 5.75 Å². The highest BCUT2D eigenvalue weighted by molar-refractivity contribution is 7.90. The molecule has 1 rings (SSSR count). The molecule has 19 heavy (non-hydrogen) atoms. The zero-order valence-corrected chi connectivity index (χ0v) is 11.3. The largest absolute Gasteiger partial charge is 0.492 e. The monoisotopic (exact) mass is 286 g/mol. The summed E-state index contributed by atoms with van der Waals surface area (Å²) in [5.41, 5.74) is 0.327. The number of benzene rings is 1. The molecule has 0 aromatic heterocycles. The minimum Gasteiger partial charge on any atom is -0.492 e. The van der Waals surface area contributed by atoms with E-state index in [-0.39, 0.29) is 19.0 Å². The standard InChI is InChI=1S/C13H15FO4S/c1-19(16,17)9-3-8-18-13-6-5-12(14)10-11(13)4-2-7-15/h5-6,10,15H,3,7-9H2,1H3. The first kappa shape index (κ1) is 15.5. The van der Waals surface area contributed by atoms with Gasteiger partial charge >= 0.3 is 0 Å². The molecule has 0 saturated carbocycles. The molecular weight excluding hydrogens is 271 g/mol. The number of aliphatic hydroxyl groups excluding tert-OH is 1. The van der Waals surface area contributed by atoms with Gasteiger partial charge in [-0.1, -0.05) is 11.8 Å². The smallest absolute Gasteiger partial charge is 0.147 e. The molecule has 6 heteroatoms. The molecule has 4 nitrogen and oxygen atoms in total. The third kappa shape index (κ3) is 6.22. The fraction of sp³-hybridized carbons (Fsp3) is 0.385. The lowest BCUT2D eigenvalue weighted by Gasteiger charge is -2.08. The van der Waals surface area contributed by atoms with Crippen molar-refractivity contribution in [2.45, 2.75) is 6.42 Å². The second-order valence-electron chi connectivity index (χ2n) is 3.93. The third-order valence-electron chi connectivity index (χ3n) is 2.16. The zero-order chi connectivity index (χ0) is 14.3. The van der Waals surface area contributed by atoms with E-state index in [1.807, 2.05) is 0 Å². The number of hydrogen-bond donors (Lipinski definition) is 1. The second-order valence-corrected chi connectivity index (χ2v) is 6.19. The molecule has 0 unspecified atom stereocenters. The Labute approximate surface area is 112 Å². The van der Waals surface area contributed by atoms with E-state index in [2.05, 4.69) is 11.8 Å². The molecular formula is C13H15FO4S. The normalized spacial score (nSPS) is 10.7. The Morgan fingerprint density at radius 2 is 2.16 bits per heavy atom. The molecule has 0 amide bonds. The molecule has 1 aromatic rings. The Bertz CT molecular complexity index is 584. The summed E-state index contributed by atoms with van der Waals surface area (Å²) in [5, 5.41) is 8.62. The molecule has 0 fully saturated rings. The Morgan fingerprint density at radius 1 is 1.42 bits per heavy atom. The van der Waals surface area contributed by atoms with Gasteiger partial charge in [-0.2, -0.15) is 0 Å². The predicted octanol–water partition coefficient (Wildman–Crippen LogP) is 0.983. The molecule has 0 aliphatic carbocycles. The van der Waals surface area contributed by atoms with Crippen molar-refractivity contribution in [1.29, 1.82) is 0 Å². The van der Waals surface area contributed by atoms with Crippen molar-refractivity contribution in [3.8, 4) is 17.6 Å². The maximum Gasteiger partial charge on any atom is 0.147 e. The molecule has 0 atom stereocenters. The van der Waals surface area contributed by atoms with E-state index in [1.54, 1.807) is 0 Å². The van der Waals surface area contributed by atoms with Crippen molar-refractivity contribution in [2.24, 2.45) is 0 Å². The molecule has 1 aromatic carbocycles. The van der Waals surface area contributed by atoms with Gasteiger partial charge in [-0.3, -0.25) is 0 Å². The van der Waals surface area contributed by atoms with E-state index in [0.29, 0.717) is 17.7 Å². The van der Waals surface area contributed by atoms with Crippen molar-refractivity contribution in [2.75, 3.05) is 25.2 Å². The average molecular weight is 286 g/mol. The predicted molar refractivity (Wildman–Crippen MR) is 70.2 cm³/mol. The van der Waals surface area contributed by atoms with Gasteiger partial charge in [0.15, 0.2) is 0 Å². The van der Waals surface area contributed by atoms with Crippen LogP contribution in [0.15, 0.2) is 18.2 Å². The summed E-state index contributed by atoms with van der Waals surface area (Å²) in [6.45, 7) is -0.128. The summed E-state index contributed by atoms with van der Waals surface area (Å²) in [6, 6.07) is 3.86. The van der Waals surface area contributed by atoms with Crippen LogP contribution in [-0.4, -0.2) is 38.7 Å². The molecule has 0 bridgehead atoms. The molecule has 0 radical (unpaired) electrons. The van der Waals surface area contributed by atoms with Gasteiger partial charge in [0.2, 0.25) is 0 Å². The van der Waals surface area contributed by atoms with Crippen LogP contribution in [0.4, 0.5) is 4.39 Å². The van der Waals surface area contributed by atoms with Crippen LogP contribution >= 0.6 is 0 Å². The van der Waals surface area contributed by atoms with Gasteiger partial charge in [0.1, 0.15) is 28.0 Å². The highest BCUT2D eigenvalue weighted by atomic mass is 32.2. The van der Waals surface area contributed by atoms with Gasteiger partial charge in [0.25, 0.3) is 0 Å². The van der Waals surface area contributed by atoms with E-state index in [0.717, 1.165) is 6.26 Å². The summed E-state index contributed by atoms with van der Waals surface area (Å²) >= 11 is 0. The quantitative estimate of drug-likeness (QED) is 0.647. The Morgan fingerprint density at radius 3 is 2.79 bits per heavy atom. The lowest BCUT2D eigenvalue weighted by molar-refractivity contribution is 0.316. The maximum atomic E-state index is 13.1. The first-order chi connectivity index (χ1) is 8.92. The molecule has 0 heterocycles. The third-order valence-corrected chi connectivity index (χ3v) is 3.19. The summed E-state index contributed by atoms with van der Waals surface area (Å²) in [4.78, 5) is 0. The molecule has 0 saturated heterocycles. The summed E-state index contributed by atoms with van der Waals surface area (Å²) in [6.07, 6.45) is 1.51. The fourth-order valence-electron chi connectivity index (χ4n) is 1.36. The highest BCUT2D eigenvalue weighted by Gasteiger charge is 2.05. The lowest BCUT2D eigenvalue weighted by atomic mass is 10.2. The van der Waals surface area contributed by atoms with E-state index in [4.69, 9.17) is 9.84 Å². The Hall–Kier alpha value is -1.58. The summed E-state index contributed by atoms with van der Waals surface area (Å²) in [5.74, 6) is 4.94. The number of halogens is 1. The number of ether oxygens (including phenoxy) is 1. The second kappa shape index (κ2) is 7.12. The SMILES string of the molecule is CS(=O)(=O)CCCOc1ccc(F)cc1C#CCO. The van der Waals surface area contributed by atoms with Crippen LogP contribution < -0.4 is 4.74 Å². The van der Waals surface area contributed by atoms with Crippen molar-refractivity contribution in [3.63, 3.8) is 0 Å². The zero-order valence-electron chi connectivity index (χ0n) is 10.5. The van der Waals surface area contributed by atoms with Crippen LogP contribution in [0.3, 0.4) is 0 Å². The fourth-order valence-corrected chi connectivity index (χ4v) is 2.01. The van der Waals surface area contributed by atoms with Gasteiger partial charge in [0, 0.05) is 6.26 Å². The minimum atomic E-state index is -3.01. The van der Waals surface area contributed by atoms with Crippen LogP contribution in [0, 0.1) is 17.7 Å². The van der Waals surface area contributed by atoms with Gasteiger partial charge in [0.05, 0.1) is 17.9 Å². The maximum absolute atomic E-state index is 13.1. The topological polar surface area (TPSA) is 63.6 Å². The molecule has 104 valence electrons. The number of sulfone groups is 1. The van der Waals surface area contributed by atoms with Crippen LogP contribution in [0.25, 0.3) is 0 Å². The van der Waals surface area contributed by atoms with E-state index >= 15 is 0 Å². The van der Waals surface area contributed by atoms with Crippen molar-refractivity contribution in [1.82, 2.24) is 0 Å².